The first-order chi connectivity index (χ1) is 12.7. The molecule has 4 aliphatic heterocycles. The summed E-state index contributed by atoms with van der Waals surface area (Å²) in [4.78, 5) is 2.84. The second-order valence-electron chi connectivity index (χ2n) is 6.52. The minimum Gasteiger partial charge on any atom is -0.303 e. The lowest BCUT2D eigenvalue weighted by Crippen LogP contribution is -2.45. The zero-order chi connectivity index (χ0) is 19.3. The largest absolute Gasteiger partial charge is 0.461 e. The molecule has 2 atom stereocenters. The van der Waals surface area contributed by atoms with Gasteiger partial charge >= 0.3 is 27.5 Å². The SMILES string of the molecule is FC1(F)COP2(=NP34=N[P+](=NCCCCN3CCCN4Cl)N2)OCC1(F)F. The van der Waals surface area contributed by atoms with Crippen LogP contribution < -0.4 is 4.86 Å². The number of hydrogen-bond acceptors (Lipinski definition) is 8. The smallest absolute Gasteiger partial charge is 0.303 e. The Bertz CT molecular complexity index is 746. The van der Waals surface area contributed by atoms with Crippen LogP contribution in [0.4, 0.5) is 17.6 Å². The van der Waals surface area contributed by atoms with Crippen molar-refractivity contribution in [3.63, 3.8) is 0 Å². The van der Waals surface area contributed by atoms with Crippen LogP contribution in [-0.4, -0.2) is 60.1 Å². The summed E-state index contributed by atoms with van der Waals surface area (Å²) >= 11 is 6.49. The predicted octanol–water partition coefficient (Wildman–Crippen LogP) is 5.25. The Labute approximate surface area is 160 Å². The Morgan fingerprint density at radius 2 is 1.67 bits per heavy atom. The van der Waals surface area contributed by atoms with E-state index in [1.54, 1.807) is 0 Å². The van der Waals surface area contributed by atoms with Crippen molar-refractivity contribution in [2.75, 3.05) is 39.4 Å². The van der Waals surface area contributed by atoms with E-state index < -0.39 is 48.2 Å². The minimum absolute atomic E-state index is 0.494. The number of fused-ring (bicyclic) bond motifs is 1. The van der Waals surface area contributed by atoms with Crippen LogP contribution in [0.2, 0.25) is 0 Å². The van der Waals surface area contributed by atoms with Gasteiger partial charge in [-0.25, -0.2) is 4.67 Å². The lowest BCUT2D eigenvalue weighted by atomic mass is 10.2. The molecule has 27 heavy (non-hydrogen) atoms. The van der Waals surface area contributed by atoms with E-state index in [1.807, 2.05) is 4.67 Å². The Kier molecular flexibility index (Phi) is 5.54. The molecule has 0 aromatic rings. The van der Waals surface area contributed by atoms with Crippen molar-refractivity contribution in [3.8, 4) is 0 Å². The molecule has 4 aliphatic rings. The molecule has 2 saturated heterocycles. The average Bonchev–Trinajstić information content (AvgIpc) is 2.66. The summed E-state index contributed by atoms with van der Waals surface area (Å²) in [5.41, 5.74) is 0. The Morgan fingerprint density at radius 3 is 2.37 bits per heavy atom. The van der Waals surface area contributed by atoms with E-state index in [0.29, 0.717) is 26.2 Å². The van der Waals surface area contributed by atoms with Gasteiger partial charge in [-0.1, -0.05) is 4.74 Å². The van der Waals surface area contributed by atoms with Gasteiger partial charge in [-0.2, -0.15) is 22.1 Å². The molecule has 2 bridgehead atoms. The van der Waals surface area contributed by atoms with Crippen LogP contribution in [0.5, 0.6) is 0 Å². The highest BCUT2D eigenvalue weighted by molar-refractivity contribution is 7.79. The highest BCUT2D eigenvalue weighted by Gasteiger charge is 2.62. The molecule has 1 N–H and O–H groups in total. The summed E-state index contributed by atoms with van der Waals surface area (Å²) in [6, 6.07) is 0. The molecule has 16 heteroatoms. The zero-order valence-corrected chi connectivity index (χ0v) is 17.6. The van der Waals surface area contributed by atoms with Gasteiger partial charge in [0.1, 0.15) is 13.2 Å². The summed E-state index contributed by atoms with van der Waals surface area (Å²) in [7, 11) is -8.15. The quantitative estimate of drug-likeness (QED) is 0.297. The van der Waals surface area contributed by atoms with Crippen molar-refractivity contribution in [2.24, 2.45) is 13.8 Å². The third-order valence-electron chi connectivity index (χ3n) is 4.52. The molecular weight excluding hydrogens is 453 g/mol. The van der Waals surface area contributed by atoms with Gasteiger partial charge in [0.2, 0.25) is 0 Å². The van der Waals surface area contributed by atoms with Crippen LogP contribution in [0, 0.1) is 0 Å². The standard InChI is InChI=1S/C11H19ClF4N6O2P3/c12-22-7-3-6-21-5-2-1-4-17-25-18-26(21,22)20-27(19-25)23-8-10(13,14)11(15,16)9-24-27/h1-9H2,(H,17,19)/q+1. The van der Waals surface area contributed by atoms with Crippen molar-refractivity contribution < 1.29 is 26.6 Å². The predicted molar refractivity (Wildman–Crippen MR) is 95.8 cm³/mol. The van der Waals surface area contributed by atoms with Crippen LogP contribution in [0.15, 0.2) is 13.8 Å². The summed E-state index contributed by atoms with van der Waals surface area (Å²) in [5, 5.41) is 0. The van der Waals surface area contributed by atoms with Crippen molar-refractivity contribution >= 4 is 35.0 Å². The van der Waals surface area contributed by atoms with Crippen LogP contribution in [0.3, 0.4) is 0 Å². The molecular formula is C11H19ClF4N6O2P3+. The number of halogens is 5. The van der Waals surface area contributed by atoms with Crippen molar-refractivity contribution in [1.29, 1.82) is 0 Å². The van der Waals surface area contributed by atoms with Crippen LogP contribution in [0.1, 0.15) is 19.3 Å². The van der Waals surface area contributed by atoms with E-state index in [9.17, 15) is 17.6 Å². The van der Waals surface area contributed by atoms with E-state index in [1.165, 1.54) is 4.19 Å². The molecule has 4 rings (SSSR count). The maximum Gasteiger partial charge on any atom is 0.461 e. The summed E-state index contributed by atoms with van der Waals surface area (Å²) in [6.07, 6.45) is 2.48. The maximum absolute atomic E-state index is 13.8. The average molecular weight is 472 g/mol. The van der Waals surface area contributed by atoms with Gasteiger partial charge in [0, 0.05) is 24.1 Å². The third-order valence-corrected chi connectivity index (χ3v) is 13.9. The molecule has 0 aliphatic carbocycles. The van der Waals surface area contributed by atoms with Gasteiger partial charge in [-0.3, -0.25) is 0 Å². The Hall–Kier alpha value is 0.370. The van der Waals surface area contributed by atoms with Gasteiger partial charge in [0.15, 0.2) is 0 Å². The molecule has 4 heterocycles. The first-order valence-electron chi connectivity index (χ1n) is 8.44. The summed E-state index contributed by atoms with van der Waals surface area (Å²) in [5.74, 6) is -8.71. The van der Waals surface area contributed by atoms with E-state index in [-0.39, 0.29) is 0 Å². The fraction of sp³-hybridized carbons (Fsp3) is 1.00. The van der Waals surface area contributed by atoms with Crippen LogP contribution in [0.25, 0.3) is 0 Å². The van der Waals surface area contributed by atoms with Gasteiger partial charge in [0.05, 0.1) is 6.54 Å². The Morgan fingerprint density at radius 1 is 1.00 bits per heavy atom. The zero-order valence-electron chi connectivity index (χ0n) is 14.1. The first kappa shape index (κ1) is 20.6. The normalized spacial score (nSPS) is 37.4. The highest BCUT2D eigenvalue weighted by atomic mass is 35.5. The molecule has 154 valence electrons. The fourth-order valence-corrected chi connectivity index (χ4v) is 14.1. The molecule has 8 nitrogen and oxygen atoms in total. The monoisotopic (exact) mass is 471 g/mol. The van der Waals surface area contributed by atoms with Crippen LogP contribution >= 0.6 is 35.0 Å². The van der Waals surface area contributed by atoms with Gasteiger partial charge in [-0.05, 0) is 35.9 Å². The number of nitrogens with one attached hydrogen (secondary N) is 1. The highest BCUT2D eigenvalue weighted by Crippen LogP contribution is 2.76. The maximum atomic E-state index is 13.8. The van der Waals surface area contributed by atoms with E-state index in [2.05, 4.69) is 14.1 Å². The molecule has 2 fully saturated rings. The van der Waals surface area contributed by atoms with Gasteiger partial charge < -0.3 is 9.05 Å². The van der Waals surface area contributed by atoms with Gasteiger partial charge in [-0.15, -0.1) is 4.19 Å². The lowest BCUT2D eigenvalue weighted by molar-refractivity contribution is -0.222. The van der Waals surface area contributed by atoms with Crippen molar-refractivity contribution in [3.05, 3.63) is 0 Å². The fourth-order valence-electron chi connectivity index (χ4n) is 3.00. The minimum atomic E-state index is -4.35. The molecule has 0 aromatic carbocycles. The molecule has 0 radical (unpaired) electrons. The van der Waals surface area contributed by atoms with E-state index in [0.717, 1.165) is 19.3 Å². The molecule has 0 saturated carbocycles. The number of nitrogens with zero attached hydrogens (tertiary/aromatic N) is 5. The van der Waals surface area contributed by atoms with Crippen molar-refractivity contribution in [1.82, 2.24) is 13.7 Å². The third kappa shape index (κ3) is 3.66. The molecule has 2 spiro atoms. The van der Waals surface area contributed by atoms with E-state index in [4.69, 9.17) is 25.3 Å². The first-order valence-corrected chi connectivity index (χ1v) is 13.2. The van der Waals surface area contributed by atoms with Gasteiger partial charge in [0.25, 0.3) is 7.51 Å². The number of hydrogen-bond donors (Lipinski definition) is 1. The summed E-state index contributed by atoms with van der Waals surface area (Å²) in [6.45, 7) is -0.626. The topological polar surface area (TPSA) is 74.1 Å². The summed E-state index contributed by atoms with van der Waals surface area (Å²) < 4.78 is 83.0. The number of alkyl halides is 4. The van der Waals surface area contributed by atoms with Crippen LogP contribution in [-0.2, 0) is 9.05 Å². The lowest BCUT2D eigenvalue weighted by Gasteiger charge is -2.41. The molecule has 0 aromatic heterocycles. The van der Waals surface area contributed by atoms with E-state index >= 15 is 0 Å². The Balaban J connectivity index is 1.84. The second-order valence-corrected chi connectivity index (χ2v) is 13.9. The molecule has 0 amide bonds. The second kappa shape index (κ2) is 7.25. The number of rotatable bonds is 0. The van der Waals surface area contributed by atoms with Crippen molar-refractivity contribution in [2.45, 2.75) is 31.1 Å². The molecule has 2 unspecified atom stereocenters.